The van der Waals surface area contributed by atoms with Crippen LogP contribution in [0.5, 0.6) is 0 Å². The molecule has 3 heterocycles. The first kappa shape index (κ1) is 16.5. The molecule has 0 radical (unpaired) electrons. The molecule has 2 aromatic heterocycles. The minimum Gasteiger partial charge on any atom is -0.383 e. The summed E-state index contributed by atoms with van der Waals surface area (Å²) in [6.07, 6.45) is 4.37. The predicted molar refractivity (Wildman–Crippen MR) is 82.8 cm³/mol. The Kier molecular flexibility index (Phi) is 5.14. The molecule has 10 heteroatoms. The molecular formula is C14H22N8O2. The predicted octanol–water partition coefficient (Wildman–Crippen LogP) is -0.163. The second-order valence-corrected chi connectivity index (χ2v) is 5.94. The molecule has 0 bridgehead atoms. The third kappa shape index (κ3) is 3.42. The van der Waals surface area contributed by atoms with Gasteiger partial charge in [-0.3, -0.25) is 4.79 Å². The van der Waals surface area contributed by atoms with E-state index in [1.54, 1.807) is 30.1 Å². The molecule has 0 fully saturated rings. The topological polar surface area (TPSA) is 104 Å². The summed E-state index contributed by atoms with van der Waals surface area (Å²) in [7, 11) is 3.42. The zero-order valence-corrected chi connectivity index (χ0v) is 14.0. The van der Waals surface area contributed by atoms with Crippen molar-refractivity contribution in [2.75, 3.05) is 20.8 Å². The number of tetrazole rings is 1. The monoisotopic (exact) mass is 334 g/mol. The highest BCUT2D eigenvalue weighted by atomic mass is 16.5. The first-order valence-corrected chi connectivity index (χ1v) is 8.07. The molecule has 24 heavy (non-hydrogen) atoms. The number of aryl methyl sites for hydroxylation is 1. The van der Waals surface area contributed by atoms with Gasteiger partial charge in [-0.2, -0.15) is 0 Å². The Labute approximate surface area is 139 Å². The van der Waals surface area contributed by atoms with Crippen molar-refractivity contribution in [3.8, 4) is 0 Å². The van der Waals surface area contributed by atoms with E-state index >= 15 is 0 Å². The van der Waals surface area contributed by atoms with Crippen molar-refractivity contribution < 1.29 is 9.53 Å². The number of fused-ring (bicyclic) bond motifs is 1. The van der Waals surface area contributed by atoms with E-state index in [-0.39, 0.29) is 11.8 Å². The first-order chi connectivity index (χ1) is 11.7. The van der Waals surface area contributed by atoms with Gasteiger partial charge in [0.15, 0.2) is 11.6 Å². The molecule has 2 aromatic rings. The van der Waals surface area contributed by atoms with Gasteiger partial charge in [0.2, 0.25) is 5.91 Å². The number of amides is 1. The number of ether oxygens (including phenoxy) is 1. The van der Waals surface area contributed by atoms with Gasteiger partial charge in [0, 0.05) is 27.2 Å². The molecule has 1 amide bonds. The van der Waals surface area contributed by atoms with Crippen LogP contribution in [0, 0.1) is 0 Å². The van der Waals surface area contributed by atoms with Crippen molar-refractivity contribution in [3.05, 3.63) is 18.0 Å². The van der Waals surface area contributed by atoms with E-state index in [1.165, 1.54) is 0 Å². The summed E-state index contributed by atoms with van der Waals surface area (Å²) >= 11 is 0. The zero-order chi connectivity index (χ0) is 16.9. The van der Waals surface area contributed by atoms with Crippen molar-refractivity contribution >= 4 is 5.91 Å². The molecule has 0 aromatic carbocycles. The van der Waals surface area contributed by atoms with E-state index in [0.29, 0.717) is 25.5 Å². The number of carbonyl (C=O) groups is 1. The standard InChI is InChI=1S/C14H22N8O2/c1-20(9-12-16-15-10-21(12)7-8-24-2)14(23)11-5-3-4-6-22-13(11)17-18-19-22/h10-11H,3-9H2,1-2H3. The van der Waals surface area contributed by atoms with Crippen molar-refractivity contribution in [1.82, 2.24) is 39.9 Å². The third-order valence-corrected chi connectivity index (χ3v) is 4.27. The van der Waals surface area contributed by atoms with Crippen molar-refractivity contribution in [2.45, 2.75) is 44.8 Å². The van der Waals surface area contributed by atoms with Crippen LogP contribution in [0.3, 0.4) is 0 Å². The lowest BCUT2D eigenvalue weighted by Gasteiger charge is -2.22. The third-order valence-electron chi connectivity index (χ3n) is 4.27. The molecule has 1 atom stereocenters. The second-order valence-electron chi connectivity index (χ2n) is 5.94. The van der Waals surface area contributed by atoms with Crippen LogP contribution in [-0.2, 0) is 29.2 Å². The fraction of sp³-hybridized carbons (Fsp3) is 0.714. The quantitative estimate of drug-likeness (QED) is 0.723. The van der Waals surface area contributed by atoms with Gasteiger partial charge in [0.25, 0.3) is 0 Å². The number of aromatic nitrogens is 7. The summed E-state index contributed by atoms with van der Waals surface area (Å²) in [5.74, 6) is 1.10. The van der Waals surface area contributed by atoms with Gasteiger partial charge in [-0.15, -0.1) is 15.3 Å². The van der Waals surface area contributed by atoms with E-state index in [2.05, 4.69) is 25.7 Å². The van der Waals surface area contributed by atoms with Crippen LogP contribution in [0.4, 0.5) is 0 Å². The number of rotatable bonds is 6. The maximum absolute atomic E-state index is 12.9. The normalized spacial score (nSPS) is 17.3. The van der Waals surface area contributed by atoms with Gasteiger partial charge in [-0.25, -0.2) is 4.68 Å². The van der Waals surface area contributed by atoms with Crippen LogP contribution in [-0.4, -0.2) is 66.5 Å². The highest BCUT2D eigenvalue weighted by Gasteiger charge is 2.31. The summed E-state index contributed by atoms with van der Waals surface area (Å²) in [6.45, 7) is 2.38. The Hall–Kier alpha value is -2.36. The highest BCUT2D eigenvalue weighted by molar-refractivity contribution is 5.82. The summed E-state index contributed by atoms with van der Waals surface area (Å²) in [4.78, 5) is 14.6. The van der Waals surface area contributed by atoms with E-state index in [4.69, 9.17) is 4.74 Å². The lowest BCUT2D eigenvalue weighted by atomic mass is 10.0. The Morgan fingerprint density at radius 1 is 1.42 bits per heavy atom. The number of nitrogens with zero attached hydrogens (tertiary/aromatic N) is 8. The van der Waals surface area contributed by atoms with Gasteiger partial charge in [-0.05, 0) is 23.3 Å². The maximum atomic E-state index is 12.9. The number of carbonyl (C=O) groups excluding carboxylic acids is 1. The van der Waals surface area contributed by atoms with E-state index in [9.17, 15) is 4.79 Å². The fourth-order valence-electron chi connectivity index (χ4n) is 2.93. The van der Waals surface area contributed by atoms with Gasteiger partial charge in [0.1, 0.15) is 6.33 Å². The van der Waals surface area contributed by atoms with Gasteiger partial charge < -0.3 is 14.2 Å². The largest absolute Gasteiger partial charge is 0.383 e. The van der Waals surface area contributed by atoms with Crippen molar-refractivity contribution in [3.63, 3.8) is 0 Å². The zero-order valence-electron chi connectivity index (χ0n) is 14.0. The molecule has 3 rings (SSSR count). The Balaban J connectivity index is 1.70. The minimum atomic E-state index is -0.303. The number of hydrogen-bond acceptors (Lipinski definition) is 7. The number of methoxy groups -OCH3 is 1. The molecular weight excluding hydrogens is 312 g/mol. The maximum Gasteiger partial charge on any atom is 0.233 e. The van der Waals surface area contributed by atoms with Crippen LogP contribution in [0.15, 0.2) is 6.33 Å². The molecule has 0 saturated carbocycles. The average Bonchev–Trinajstić information content (AvgIpc) is 3.18. The smallest absolute Gasteiger partial charge is 0.233 e. The number of hydrogen-bond donors (Lipinski definition) is 0. The minimum absolute atomic E-state index is 0.00856. The first-order valence-electron chi connectivity index (χ1n) is 8.07. The Morgan fingerprint density at radius 2 is 2.29 bits per heavy atom. The lowest BCUT2D eigenvalue weighted by Crippen LogP contribution is -2.33. The van der Waals surface area contributed by atoms with Gasteiger partial charge in [-0.1, -0.05) is 6.42 Å². The average molecular weight is 334 g/mol. The highest BCUT2D eigenvalue weighted by Crippen LogP contribution is 2.26. The van der Waals surface area contributed by atoms with E-state index < -0.39 is 0 Å². The van der Waals surface area contributed by atoms with Crippen LogP contribution >= 0.6 is 0 Å². The fourth-order valence-corrected chi connectivity index (χ4v) is 2.93. The van der Waals surface area contributed by atoms with Gasteiger partial charge >= 0.3 is 0 Å². The van der Waals surface area contributed by atoms with Crippen LogP contribution in [0.25, 0.3) is 0 Å². The molecule has 0 spiro atoms. The molecule has 1 unspecified atom stereocenters. The Bertz CT molecular complexity index is 682. The molecule has 0 aliphatic carbocycles. The summed E-state index contributed by atoms with van der Waals surface area (Å²) < 4.78 is 8.71. The van der Waals surface area contributed by atoms with Gasteiger partial charge in [0.05, 0.1) is 19.1 Å². The van der Waals surface area contributed by atoms with Crippen LogP contribution in [0.2, 0.25) is 0 Å². The SMILES string of the molecule is COCCn1cnnc1CN(C)C(=O)C1CCCCn2nnnc21. The van der Waals surface area contributed by atoms with E-state index in [1.807, 2.05) is 4.57 Å². The number of likely N-dealkylation sites (N-methyl/N-ethyl adjacent to an activating group) is 1. The molecule has 130 valence electrons. The molecule has 0 saturated heterocycles. The summed E-state index contributed by atoms with van der Waals surface area (Å²) in [5.41, 5.74) is 0. The summed E-state index contributed by atoms with van der Waals surface area (Å²) in [6, 6.07) is 0. The van der Waals surface area contributed by atoms with Crippen molar-refractivity contribution in [1.29, 1.82) is 0 Å². The molecule has 1 aliphatic heterocycles. The van der Waals surface area contributed by atoms with Crippen LogP contribution < -0.4 is 0 Å². The molecule has 0 N–H and O–H groups in total. The van der Waals surface area contributed by atoms with E-state index in [0.717, 1.165) is 31.6 Å². The lowest BCUT2D eigenvalue weighted by molar-refractivity contribution is -0.132. The summed E-state index contributed by atoms with van der Waals surface area (Å²) in [5, 5.41) is 19.8. The Morgan fingerprint density at radius 3 is 3.12 bits per heavy atom. The van der Waals surface area contributed by atoms with Crippen LogP contribution in [0.1, 0.15) is 36.8 Å². The van der Waals surface area contributed by atoms with Crippen molar-refractivity contribution in [2.24, 2.45) is 0 Å². The molecule has 10 nitrogen and oxygen atoms in total. The molecule has 1 aliphatic rings. The second kappa shape index (κ2) is 7.47.